The van der Waals surface area contributed by atoms with Gasteiger partial charge in [-0.1, -0.05) is 60.2 Å². The highest BCUT2D eigenvalue weighted by Crippen LogP contribution is 2.32. The van der Waals surface area contributed by atoms with Crippen molar-refractivity contribution in [2.75, 3.05) is 14.2 Å². The number of nitrogens with one attached hydrogen (secondary N) is 1. The molecular weight excluding hydrogens is 394 g/mol. The number of hydrogen-bond donors (Lipinski definition) is 1. The van der Waals surface area contributed by atoms with E-state index in [4.69, 9.17) is 4.74 Å². The van der Waals surface area contributed by atoms with Crippen molar-refractivity contribution in [3.05, 3.63) is 71.8 Å². The van der Waals surface area contributed by atoms with Crippen LogP contribution in [-0.2, 0) is 19.1 Å². The van der Waals surface area contributed by atoms with E-state index in [0.717, 1.165) is 27.5 Å². The van der Waals surface area contributed by atoms with Crippen molar-refractivity contribution in [3.63, 3.8) is 0 Å². The molecule has 1 amide bonds. The second-order valence-corrected chi connectivity index (χ2v) is 7.24. The maximum Gasteiger partial charge on any atom is 0.328 e. The Morgan fingerprint density at radius 2 is 1.65 bits per heavy atom. The minimum absolute atomic E-state index is 0.0133. The Labute approximate surface area is 181 Å². The van der Waals surface area contributed by atoms with Gasteiger partial charge in [-0.2, -0.15) is 0 Å². The number of rotatable bonds is 7. The quantitative estimate of drug-likeness (QED) is 0.585. The van der Waals surface area contributed by atoms with Gasteiger partial charge in [0.05, 0.1) is 14.2 Å². The van der Waals surface area contributed by atoms with Crippen molar-refractivity contribution in [2.45, 2.75) is 25.8 Å². The van der Waals surface area contributed by atoms with Gasteiger partial charge < -0.3 is 14.8 Å². The van der Waals surface area contributed by atoms with Gasteiger partial charge >= 0.3 is 11.9 Å². The van der Waals surface area contributed by atoms with Gasteiger partial charge in [0.2, 0.25) is 0 Å². The first-order valence-corrected chi connectivity index (χ1v) is 9.99. The van der Waals surface area contributed by atoms with E-state index in [1.807, 2.05) is 61.5 Å². The van der Waals surface area contributed by atoms with Crippen LogP contribution in [0.1, 0.15) is 28.8 Å². The number of ether oxygens (including phenoxy) is 2. The molecule has 1 atom stereocenters. The summed E-state index contributed by atoms with van der Waals surface area (Å²) in [6.07, 6.45) is 0.0706. The Morgan fingerprint density at radius 3 is 2.39 bits per heavy atom. The van der Waals surface area contributed by atoms with Gasteiger partial charge in [-0.25, -0.2) is 4.79 Å². The lowest BCUT2D eigenvalue weighted by atomic mass is 9.93. The Morgan fingerprint density at radius 1 is 0.903 bits per heavy atom. The predicted molar refractivity (Wildman–Crippen MR) is 119 cm³/mol. The molecule has 0 spiro atoms. The van der Waals surface area contributed by atoms with Gasteiger partial charge in [0.15, 0.2) is 0 Å². The lowest BCUT2D eigenvalue weighted by Crippen LogP contribution is -2.42. The number of methoxy groups -OCH3 is 2. The normalized spacial score (nSPS) is 11.6. The van der Waals surface area contributed by atoms with Crippen molar-refractivity contribution in [1.29, 1.82) is 0 Å². The molecular formula is C25H25NO5. The molecule has 0 fully saturated rings. The lowest BCUT2D eigenvalue weighted by Gasteiger charge is -2.18. The molecule has 0 heterocycles. The standard InChI is InChI=1S/C25H25NO5/c1-16-11-12-20(24(28)26-22(25(29)31-3)13-14-23(27)30-2)21(15-16)19-10-6-8-17-7-4-5-9-18(17)19/h4-12,15,22H,13-14H2,1-3H3,(H,26,28)/t22-/m0/s1. The SMILES string of the molecule is COC(=O)CC[C@H](NC(=O)c1ccc(C)cc1-c1cccc2ccccc12)C(=O)OC. The molecule has 1 N–H and O–H groups in total. The van der Waals surface area contributed by atoms with Gasteiger partial charge in [0, 0.05) is 12.0 Å². The van der Waals surface area contributed by atoms with Gasteiger partial charge in [-0.15, -0.1) is 0 Å². The first-order chi connectivity index (χ1) is 14.9. The molecule has 0 aliphatic rings. The van der Waals surface area contributed by atoms with E-state index in [1.54, 1.807) is 6.07 Å². The van der Waals surface area contributed by atoms with Gasteiger partial charge in [-0.05, 0) is 41.3 Å². The number of aryl methyl sites for hydroxylation is 1. The third-order valence-electron chi connectivity index (χ3n) is 5.16. The van der Waals surface area contributed by atoms with Crippen LogP contribution < -0.4 is 5.32 Å². The van der Waals surface area contributed by atoms with Crippen LogP contribution >= 0.6 is 0 Å². The second-order valence-electron chi connectivity index (χ2n) is 7.24. The zero-order valence-electron chi connectivity index (χ0n) is 17.8. The molecule has 0 radical (unpaired) electrons. The van der Waals surface area contributed by atoms with Crippen molar-refractivity contribution >= 4 is 28.6 Å². The Balaban J connectivity index is 1.98. The molecule has 160 valence electrons. The Kier molecular flexibility index (Phi) is 7.03. The number of carbonyl (C=O) groups excluding carboxylic acids is 3. The number of hydrogen-bond acceptors (Lipinski definition) is 5. The zero-order valence-corrected chi connectivity index (χ0v) is 17.8. The summed E-state index contributed by atoms with van der Waals surface area (Å²) in [5.74, 6) is -1.49. The molecule has 0 saturated carbocycles. The molecule has 0 aliphatic carbocycles. The number of fused-ring (bicyclic) bond motifs is 1. The van der Waals surface area contributed by atoms with Crippen LogP contribution in [0.5, 0.6) is 0 Å². The number of carbonyl (C=O) groups is 3. The average molecular weight is 419 g/mol. The Hall–Kier alpha value is -3.67. The molecule has 6 nitrogen and oxygen atoms in total. The topological polar surface area (TPSA) is 81.7 Å². The van der Waals surface area contributed by atoms with E-state index in [-0.39, 0.29) is 12.8 Å². The molecule has 6 heteroatoms. The van der Waals surface area contributed by atoms with Crippen molar-refractivity contribution in [2.24, 2.45) is 0 Å². The second kappa shape index (κ2) is 9.89. The summed E-state index contributed by atoms with van der Waals surface area (Å²) in [7, 11) is 2.52. The van der Waals surface area contributed by atoms with E-state index in [9.17, 15) is 14.4 Å². The molecule has 0 unspecified atom stereocenters. The van der Waals surface area contributed by atoms with E-state index >= 15 is 0 Å². The molecule has 3 aromatic rings. The average Bonchev–Trinajstić information content (AvgIpc) is 2.80. The number of esters is 2. The fraction of sp³-hybridized carbons (Fsp3) is 0.240. The van der Waals surface area contributed by atoms with Gasteiger partial charge in [0.25, 0.3) is 5.91 Å². The lowest BCUT2D eigenvalue weighted by molar-refractivity contribution is -0.144. The summed E-state index contributed by atoms with van der Waals surface area (Å²) >= 11 is 0. The molecule has 0 bridgehead atoms. The maximum absolute atomic E-state index is 13.2. The van der Waals surface area contributed by atoms with Gasteiger partial charge in [-0.3, -0.25) is 9.59 Å². The van der Waals surface area contributed by atoms with E-state index in [1.165, 1.54) is 14.2 Å². The van der Waals surface area contributed by atoms with Crippen LogP contribution in [0.4, 0.5) is 0 Å². The summed E-state index contributed by atoms with van der Waals surface area (Å²) in [5.41, 5.74) is 3.14. The molecule has 31 heavy (non-hydrogen) atoms. The van der Waals surface area contributed by atoms with Crippen LogP contribution in [0.25, 0.3) is 21.9 Å². The summed E-state index contributed by atoms with van der Waals surface area (Å²) in [6.45, 7) is 1.96. The first-order valence-electron chi connectivity index (χ1n) is 9.99. The van der Waals surface area contributed by atoms with Crippen molar-refractivity contribution in [3.8, 4) is 11.1 Å². The number of benzene rings is 3. The van der Waals surface area contributed by atoms with Gasteiger partial charge in [0.1, 0.15) is 6.04 Å². The van der Waals surface area contributed by atoms with Crippen LogP contribution in [0.3, 0.4) is 0 Å². The highest BCUT2D eigenvalue weighted by Gasteiger charge is 2.25. The minimum atomic E-state index is -0.960. The molecule has 0 aliphatic heterocycles. The summed E-state index contributed by atoms with van der Waals surface area (Å²) in [6, 6.07) is 18.5. The highest BCUT2D eigenvalue weighted by atomic mass is 16.5. The molecule has 3 rings (SSSR count). The van der Waals surface area contributed by atoms with E-state index < -0.39 is 23.9 Å². The largest absolute Gasteiger partial charge is 0.469 e. The van der Waals surface area contributed by atoms with E-state index in [2.05, 4.69) is 10.1 Å². The number of amides is 1. The molecule has 0 saturated heterocycles. The minimum Gasteiger partial charge on any atom is -0.469 e. The van der Waals surface area contributed by atoms with Crippen molar-refractivity contribution in [1.82, 2.24) is 5.32 Å². The van der Waals surface area contributed by atoms with Crippen LogP contribution in [0, 0.1) is 6.92 Å². The molecule has 0 aromatic heterocycles. The smallest absolute Gasteiger partial charge is 0.328 e. The maximum atomic E-state index is 13.2. The fourth-order valence-electron chi connectivity index (χ4n) is 3.53. The fourth-order valence-corrected chi connectivity index (χ4v) is 3.53. The van der Waals surface area contributed by atoms with Crippen LogP contribution in [-0.4, -0.2) is 38.1 Å². The predicted octanol–water partition coefficient (Wildman–Crippen LogP) is 4.04. The van der Waals surface area contributed by atoms with Crippen LogP contribution in [0.15, 0.2) is 60.7 Å². The third-order valence-corrected chi connectivity index (χ3v) is 5.16. The summed E-state index contributed by atoms with van der Waals surface area (Å²) in [5, 5.41) is 4.82. The van der Waals surface area contributed by atoms with E-state index in [0.29, 0.717) is 5.56 Å². The summed E-state index contributed by atoms with van der Waals surface area (Å²) in [4.78, 5) is 36.9. The third kappa shape index (κ3) is 5.09. The van der Waals surface area contributed by atoms with Crippen LogP contribution in [0.2, 0.25) is 0 Å². The summed E-state index contributed by atoms with van der Waals surface area (Å²) < 4.78 is 9.43. The van der Waals surface area contributed by atoms with Crippen molar-refractivity contribution < 1.29 is 23.9 Å². The molecule has 3 aromatic carbocycles. The first kappa shape index (κ1) is 22.0. The monoisotopic (exact) mass is 419 g/mol. The zero-order chi connectivity index (χ0) is 22.4. The Bertz CT molecular complexity index is 1120. The highest BCUT2D eigenvalue weighted by molar-refractivity contribution is 6.07.